The number of guanidine groups is 1. The van der Waals surface area contributed by atoms with Crippen molar-refractivity contribution in [1.82, 2.24) is 25.4 Å². The normalized spacial score (nSPS) is 11.6. The molecule has 1 aromatic heterocycles. The van der Waals surface area contributed by atoms with Crippen LogP contribution in [0, 0.1) is 5.92 Å². The Labute approximate surface area is 190 Å². The van der Waals surface area contributed by atoms with Gasteiger partial charge in [-0.3, -0.25) is 0 Å². The van der Waals surface area contributed by atoms with Gasteiger partial charge >= 0.3 is 0 Å². The molecule has 0 bridgehead atoms. The zero-order valence-electron chi connectivity index (χ0n) is 19.2. The second-order valence-electron chi connectivity index (χ2n) is 7.54. The van der Waals surface area contributed by atoms with Crippen molar-refractivity contribution >= 4 is 17.7 Å². The molecule has 0 atom stereocenters. The summed E-state index contributed by atoms with van der Waals surface area (Å²) in [7, 11) is 0. The summed E-state index contributed by atoms with van der Waals surface area (Å²) in [6.45, 7) is 13.8. The predicted octanol–water partition coefficient (Wildman–Crippen LogP) is 3.91. The fourth-order valence-corrected chi connectivity index (χ4v) is 3.61. The van der Waals surface area contributed by atoms with Crippen LogP contribution >= 0.6 is 11.8 Å². The number of aromatic nitrogens is 3. The van der Waals surface area contributed by atoms with E-state index in [0.29, 0.717) is 19.1 Å². The summed E-state index contributed by atoms with van der Waals surface area (Å²) in [6, 6.07) is 7.97. The fraction of sp³-hybridized carbons (Fsp3) is 0.522. The molecule has 0 fully saturated rings. The Morgan fingerprint density at radius 1 is 1.29 bits per heavy atom. The van der Waals surface area contributed by atoms with Gasteiger partial charge in [-0.15, -0.1) is 10.2 Å². The third kappa shape index (κ3) is 8.28. The Hall–Kier alpha value is -2.48. The number of para-hydroxylation sites is 1. The van der Waals surface area contributed by atoms with Gasteiger partial charge in [0.15, 0.2) is 11.1 Å². The summed E-state index contributed by atoms with van der Waals surface area (Å²) < 4.78 is 7.98. The van der Waals surface area contributed by atoms with Crippen LogP contribution in [0.2, 0.25) is 0 Å². The van der Waals surface area contributed by atoms with Crippen LogP contribution in [0.4, 0.5) is 0 Å². The van der Waals surface area contributed by atoms with Gasteiger partial charge in [-0.05, 0) is 31.6 Å². The molecule has 0 aliphatic rings. The summed E-state index contributed by atoms with van der Waals surface area (Å²) in [4.78, 5) is 4.72. The number of benzene rings is 1. The van der Waals surface area contributed by atoms with E-state index in [9.17, 15) is 0 Å². The van der Waals surface area contributed by atoms with E-state index in [2.05, 4.69) is 52.7 Å². The first-order valence-corrected chi connectivity index (χ1v) is 12.1. The van der Waals surface area contributed by atoms with Gasteiger partial charge in [-0.1, -0.05) is 56.5 Å². The fourth-order valence-electron chi connectivity index (χ4n) is 3.09. The van der Waals surface area contributed by atoms with Crippen LogP contribution in [0.1, 0.15) is 38.6 Å². The van der Waals surface area contributed by atoms with E-state index in [1.54, 1.807) is 17.8 Å². The third-order valence-electron chi connectivity index (χ3n) is 4.47. The van der Waals surface area contributed by atoms with E-state index < -0.39 is 0 Å². The Morgan fingerprint density at radius 2 is 2.10 bits per heavy atom. The van der Waals surface area contributed by atoms with Gasteiger partial charge in [-0.25, -0.2) is 4.99 Å². The van der Waals surface area contributed by atoms with Crippen LogP contribution in [0.3, 0.4) is 0 Å². The largest absolute Gasteiger partial charge is 0.489 e. The molecule has 31 heavy (non-hydrogen) atoms. The van der Waals surface area contributed by atoms with Gasteiger partial charge in [0, 0.05) is 31.6 Å². The molecule has 0 saturated heterocycles. The monoisotopic (exact) mass is 444 g/mol. The number of rotatable bonds is 13. The number of hydrogen-bond donors (Lipinski definition) is 2. The minimum Gasteiger partial charge on any atom is -0.489 e. The van der Waals surface area contributed by atoms with Crippen LogP contribution in [0.5, 0.6) is 5.75 Å². The summed E-state index contributed by atoms with van der Waals surface area (Å²) >= 11 is 1.65. The number of aliphatic imine (C=N–C) groups is 1. The molecule has 0 unspecified atom stereocenters. The highest BCUT2D eigenvalue weighted by Crippen LogP contribution is 2.19. The van der Waals surface area contributed by atoms with Gasteiger partial charge in [0.05, 0.1) is 6.54 Å². The Kier molecular flexibility index (Phi) is 11.0. The lowest BCUT2D eigenvalue weighted by atomic mass is 10.2. The number of nitrogens with zero attached hydrogens (tertiary/aromatic N) is 4. The number of hydrogen-bond acceptors (Lipinski definition) is 5. The maximum atomic E-state index is 5.73. The van der Waals surface area contributed by atoms with Crippen LogP contribution in [0.25, 0.3) is 0 Å². The Bertz CT molecular complexity index is 833. The first-order chi connectivity index (χ1) is 15.1. The molecular weight excluding hydrogens is 408 g/mol. The van der Waals surface area contributed by atoms with Crippen molar-refractivity contribution in [3.63, 3.8) is 0 Å². The topological polar surface area (TPSA) is 76.4 Å². The first kappa shape index (κ1) is 24.8. The second-order valence-corrected chi connectivity index (χ2v) is 8.31. The molecule has 2 aromatic rings. The second kappa shape index (κ2) is 13.7. The molecule has 170 valence electrons. The quantitative estimate of drug-likeness (QED) is 0.160. The highest BCUT2D eigenvalue weighted by atomic mass is 32.2. The lowest BCUT2D eigenvalue weighted by Crippen LogP contribution is -2.38. The molecule has 0 amide bonds. The maximum Gasteiger partial charge on any atom is 0.191 e. The molecule has 8 heteroatoms. The van der Waals surface area contributed by atoms with Crippen molar-refractivity contribution in [2.24, 2.45) is 10.9 Å². The van der Waals surface area contributed by atoms with Crippen molar-refractivity contribution < 1.29 is 4.74 Å². The third-order valence-corrected chi connectivity index (χ3v) is 5.14. The lowest BCUT2D eigenvalue weighted by molar-refractivity contribution is 0.359. The summed E-state index contributed by atoms with van der Waals surface area (Å²) in [5, 5.41) is 16.4. The van der Waals surface area contributed by atoms with Gasteiger partial charge < -0.3 is 19.9 Å². The highest BCUT2D eigenvalue weighted by molar-refractivity contribution is 7.98. The van der Waals surface area contributed by atoms with E-state index in [-0.39, 0.29) is 0 Å². The van der Waals surface area contributed by atoms with Crippen LogP contribution in [-0.2, 0) is 19.5 Å². The molecule has 1 aromatic carbocycles. The standard InChI is InChI=1S/C23H36N6OS/c1-6-15-30-20-12-9-8-11-19(20)16-26-22(24-7-2)25-14-10-13-21-27-28-23(31-5)29(21)17-18(3)4/h6,8-9,11-12,18H,1,7,10,13-17H2,2-5H3,(H2,24,25,26). The van der Waals surface area contributed by atoms with Crippen molar-refractivity contribution in [2.75, 3.05) is 26.0 Å². The molecule has 7 nitrogen and oxygen atoms in total. The zero-order valence-corrected chi connectivity index (χ0v) is 20.0. The molecule has 0 aliphatic carbocycles. The van der Waals surface area contributed by atoms with Gasteiger partial charge in [0.2, 0.25) is 0 Å². The molecule has 2 rings (SSSR count). The molecular formula is C23H36N6OS. The first-order valence-electron chi connectivity index (χ1n) is 10.9. The molecule has 2 N–H and O–H groups in total. The average molecular weight is 445 g/mol. The number of ether oxygens (including phenoxy) is 1. The number of aryl methyl sites for hydroxylation is 1. The molecule has 0 saturated carbocycles. The van der Waals surface area contributed by atoms with Crippen molar-refractivity contribution in [3.05, 3.63) is 48.3 Å². The summed E-state index contributed by atoms with van der Waals surface area (Å²) in [6.07, 6.45) is 5.63. The van der Waals surface area contributed by atoms with E-state index in [4.69, 9.17) is 9.73 Å². The Balaban J connectivity index is 1.92. The minimum absolute atomic E-state index is 0.485. The Morgan fingerprint density at radius 3 is 2.81 bits per heavy atom. The van der Waals surface area contributed by atoms with Gasteiger partial charge in [0.25, 0.3) is 0 Å². The van der Waals surface area contributed by atoms with E-state index in [1.165, 1.54) is 0 Å². The molecule has 0 radical (unpaired) electrons. The van der Waals surface area contributed by atoms with Crippen LogP contribution < -0.4 is 15.4 Å². The van der Waals surface area contributed by atoms with Crippen LogP contribution in [-0.4, -0.2) is 46.7 Å². The summed E-state index contributed by atoms with van der Waals surface area (Å²) in [5.41, 5.74) is 1.05. The van der Waals surface area contributed by atoms with Gasteiger partial charge in [0.1, 0.15) is 18.2 Å². The SMILES string of the molecule is C=CCOc1ccccc1CN=C(NCC)NCCCc1nnc(SC)n1CC(C)C. The van der Waals surface area contributed by atoms with Crippen molar-refractivity contribution in [3.8, 4) is 5.75 Å². The van der Waals surface area contributed by atoms with E-state index in [0.717, 1.165) is 60.7 Å². The summed E-state index contributed by atoms with van der Waals surface area (Å²) in [5.74, 6) is 3.25. The maximum absolute atomic E-state index is 5.73. The minimum atomic E-state index is 0.485. The smallest absolute Gasteiger partial charge is 0.191 e. The van der Waals surface area contributed by atoms with Gasteiger partial charge in [-0.2, -0.15) is 0 Å². The average Bonchev–Trinajstić information content (AvgIpc) is 3.14. The van der Waals surface area contributed by atoms with E-state index in [1.807, 2.05) is 30.5 Å². The predicted molar refractivity (Wildman–Crippen MR) is 130 cm³/mol. The number of thioether (sulfide) groups is 1. The van der Waals surface area contributed by atoms with Crippen molar-refractivity contribution in [2.45, 2.75) is 51.9 Å². The van der Waals surface area contributed by atoms with E-state index >= 15 is 0 Å². The molecule has 0 spiro atoms. The zero-order chi connectivity index (χ0) is 22.5. The molecule has 0 aliphatic heterocycles. The molecule has 1 heterocycles. The van der Waals surface area contributed by atoms with Crippen LogP contribution in [0.15, 0.2) is 47.1 Å². The van der Waals surface area contributed by atoms with Crippen molar-refractivity contribution in [1.29, 1.82) is 0 Å². The highest BCUT2D eigenvalue weighted by Gasteiger charge is 2.12. The lowest BCUT2D eigenvalue weighted by Gasteiger charge is -2.13. The number of nitrogens with one attached hydrogen (secondary N) is 2.